The molecule has 4 rings (SSSR count). The molecule has 0 radical (unpaired) electrons. The van der Waals surface area contributed by atoms with Crippen LogP contribution in [0.15, 0.2) is 84.4 Å². The first kappa shape index (κ1) is 24.5. The van der Waals surface area contributed by atoms with Gasteiger partial charge in [-0.25, -0.2) is 0 Å². The van der Waals surface area contributed by atoms with E-state index < -0.39 is 17.7 Å². The summed E-state index contributed by atoms with van der Waals surface area (Å²) in [6, 6.07) is 22.8. The number of benzene rings is 3. The Kier molecular flexibility index (Phi) is 7.85. The van der Waals surface area contributed by atoms with E-state index in [-0.39, 0.29) is 11.3 Å². The summed E-state index contributed by atoms with van der Waals surface area (Å²) in [4.78, 5) is 27.5. The van der Waals surface area contributed by atoms with Crippen LogP contribution in [-0.4, -0.2) is 42.0 Å². The molecule has 180 valence electrons. The molecule has 1 unspecified atom stereocenters. The molecule has 6 nitrogen and oxygen atoms in total. The van der Waals surface area contributed by atoms with Gasteiger partial charge >= 0.3 is 0 Å². The number of ether oxygens (including phenoxy) is 2. The maximum absolute atomic E-state index is 13.0. The largest absolute Gasteiger partial charge is 0.507 e. The fourth-order valence-electron chi connectivity index (χ4n) is 4.09. The molecule has 1 N–H and O–H groups in total. The van der Waals surface area contributed by atoms with Crippen molar-refractivity contribution in [2.24, 2.45) is 0 Å². The van der Waals surface area contributed by atoms with Gasteiger partial charge in [0.2, 0.25) is 0 Å². The van der Waals surface area contributed by atoms with Crippen molar-refractivity contribution in [2.75, 3.05) is 20.3 Å². The molecule has 3 aromatic rings. The molecular weight excluding hydrogens is 466 g/mol. The van der Waals surface area contributed by atoms with Crippen molar-refractivity contribution >= 4 is 29.1 Å². The number of ketones is 1. The summed E-state index contributed by atoms with van der Waals surface area (Å²) >= 11 is 5.98. The lowest BCUT2D eigenvalue weighted by Crippen LogP contribution is -2.31. The van der Waals surface area contributed by atoms with Crippen LogP contribution >= 0.6 is 11.6 Å². The smallest absolute Gasteiger partial charge is 0.295 e. The molecule has 1 heterocycles. The lowest BCUT2D eigenvalue weighted by atomic mass is 9.95. The number of hydrogen-bond donors (Lipinski definition) is 1. The topological polar surface area (TPSA) is 76.1 Å². The van der Waals surface area contributed by atoms with Gasteiger partial charge in [0, 0.05) is 30.8 Å². The van der Waals surface area contributed by atoms with Crippen molar-refractivity contribution in [1.29, 1.82) is 0 Å². The molecule has 0 aliphatic carbocycles. The van der Waals surface area contributed by atoms with Crippen LogP contribution in [0.3, 0.4) is 0 Å². The lowest BCUT2D eigenvalue weighted by Gasteiger charge is -2.25. The van der Waals surface area contributed by atoms with E-state index >= 15 is 0 Å². The maximum atomic E-state index is 13.0. The molecule has 1 fully saturated rings. The fourth-order valence-corrected chi connectivity index (χ4v) is 4.21. The first-order valence-electron chi connectivity index (χ1n) is 11.3. The minimum absolute atomic E-state index is 0.0488. The summed E-state index contributed by atoms with van der Waals surface area (Å²) < 4.78 is 11.0. The monoisotopic (exact) mass is 491 g/mol. The first-order chi connectivity index (χ1) is 17.0. The second kappa shape index (κ2) is 11.2. The number of rotatable bonds is 9. The van der Waals surface area contributed by atoms with Crippen molar-refractivity contribution < 1.29 is 24.2 Å². The standard InChI is InChI=1S/C28H26ClNO5/c1-34-17-5-16-30-25(20-10-14-23(15-11-20)35-18-19-6-3-2-4-7-19)24(27(32)28(30)33)26(31)21-8-12-22(29)13-9-21/h2-4,6-15,25,31H,5,16-18H2,1H3/b26-24+. The zero-order chi connectivity index (χ0) is 24.8. The number of nitrogens with zero attached hydrogens (tertiary/aromatic N) is 1. The maximum Gasteiger partial charge on any atom is 0.295 e. The zero-order valence-electron chi connectivity index (χ0n) is 19.3. The highest BCUT2D eigenvalue weighted by atomic mass is 35.5. The number of methoxy groups -OCH3 is 1. The molecule has 1 amide bonds. The van der Waals surface area contributed by atoms with E-state index in [9.17, 15) is 14.7 Å². The van der Waals surface area contributed by atoms with E-state index in [0.717, 1.165) is 5.56 Å². The van der Waals surface area contributed by atoms with E-state index in [1.54, 1.807) is 43.5 Å². The SMILES string of the molecule is COCCCN1C(=O)C(=O)/C(=C(/O)c2ccc(Cl)cc2)C1c1ccc(OCc2ccccc2)cc1. The summed E-state index contributed by atoms with van der Waals surface area (Å²) in [5.74, 6) is -0.939. The molecule has 1 aliphatic heterocycles. The molecule has 7 heteroatoms. The number of hydrogen-bond acceptors (Lipinski definition) is 5. The van der Waals surface area contributed by atoms with E-state index in [0.29, 0.717) is 48.1 Å². The Bertz CT molecular complexity index is 1210. The van der Waals surface area contributed by atoms with Gasteiger partial charge in [0.15, 0.2) is 0 Å². The predicted molar refractivity (Wildman–Crippen MR) is 134 cm³/mol. The molecular formula is C28H26ClNO5. The zero-order valence-corrected chi connectivity index (χ0v) is 20.1. The third-order valence-electron chi connectivity index (χ3n) is 5.85. The Morgan fingerprint density at radius 1 is 0.971 bits per heavy atom. The van der Waals surface area contributed by atoms with Gasteiger partial charge < -0.3 is 19.5 Å². The fraction of sp³-hybridized carbons (Fsp3) is 0.214. The van der Waals surface area contributed by atoms with Gasteiger partial charge in [-0.3, -0.25) is 9.59 Å². The lowest BCUT2D eigenvalue weighted by molar-refractivity contribution is -0.140. The minimum atomic E-state index is -0.731. The highest BCUT2D eigenvalue weighted by Crippen LogP contribution is 2.40. The number of halogens is 1. The summed E-state index contributed by atoms with van der Waals surface area (Å²) in [5, 5.41) is 11.6. The molecule has 0 aromatic heterocycles. The summed E-state index contributed by atoms with van der Waals surface area (Å²) in [7, 11) is 1.58. The summed E-state index contributed by atoms with van der Waals surface area (Å²) in [6.07, 6.45) is 0.555. The second-order valence-electron chi connectivity index (χ2n) is 8.19. The third kappa shape index (κ3) is 5.56. The van der Waals surface area contributed by atoms with E-state index in [4.69, 9.17) is 21.1 Å². The second-order valence-corrected chi connectivity index (χ2v) is 8.63. The Morgan fingerprint density at radius 3 is 2.31 bits per heavy atom. The average molecular weight is 492 g/mol. The van der Waals surface area contributed by atoms with Crippen molar-refractivity contribution in [2.45, 2.75) is 19.1 Å². The molecule has 0 bridgehead atoms. The van der Waals surface area contributed by atoms with Gasteiger partial charge in [0.05, 0.1) is 11.6 Å². The number of amides is 1. The average Bonchev–Trinajstić information content (AvgIpc) is 3.13. The molecule has 35 heavy (non-hydrogen) atoms. The first-order valence-corrected chi connectivity index (χ1v) is 11.7. The molecule has 0 spiro atoms. The van der Waals surface area contributed by atoms with Crippen molar-refractivity contribution in [1.82, 2.24) is 4.90 Å². The normalized spacial score (nSPS) is 17.1. The van der Waals surface area contributed by atoms with Gasteiger partial charge in [-0.15, -0.1) is 0 Å². The predicted octanol–water partition coefficient (Wildman–Crippen LogP) is 5.38. The highest BCUT2D eigenvalue weighted by molar-refractivity contribution is 6.46. The number of carbonyl (C=O) groups is 2. The Balaban J connectivity index is 1.66. The van der Waals surface area contributed by atoms with Gasteiger partial charge in [-0.2, -0.15) is 0 Å². The third-order valence-corrected chi connectivity index (χ3v) is 6.10. The molecule has 1 aliphatic rings. The van der Waals surface area contributed by atoms with E-state index in [1.165, 1.54) is 4.90 Å². The van der Waals surface area contributed by atoms with Gasteiger partial charge in [0.1, 0.15) is 18.1 Å². The highest BCUT2D eigenvalue weighted by Gasteiger charge is 2.45. The Hall–Kier alpha value is -3.61. The Morgan fingerprint density at radius 2 is 1.66 bits per heavy atom. The number of aliphatic hydroxyl groups is 1. The number of carbonyl (C=O) groups excluding carboxylic acids is 2. The number of Topliss-reactive ketones (excluding diaryl/α,β-unsaturated/α-hetero) is 1. The van der Waals surface area contributed by atoms with Crippen LogP contribution < -0.4 is 4.74 Å². The van der Waals surface area contributed by atoms with Crippen molar-refractivity contribution in [3.63, 3.8) is 0 Å². The van der Waals surface area contributed by atoms with Gasteiger partial charge in [-0.1, -0.05) is 54.1 Å². The number of aliphatic hydroxyl groups excluding tert-OH is 1. The van der Waals surface area contributed by atoms with E-state index in [1.807, 2.05) is 42.5 Å². The van der Waals surface area contributed by atoms with E-state index in [2.05, 4.69) is 0 Å². The van der Waals surface area contributed by atoms with Crippen LogP contribution in [-0.2, 0) is 20.9 Å². The van der Waals surface area contributed by atoms with Crippen molar-refractivity contribution in [3.8, 4) is 5.75 Å². The summed E-state index contributed by atoms with van der Waals surface area (Å²) in [6.45, 7) is 1.18. The van der Waals surface area contributed by atoms with Crippen LogP contribution in [0.2, 0.25) is 5.02 Å². The Labute approximate surface area is 209 Å². The van der Waals surface area contributed by atoms with Gasteiger partial charge in [0.25, 0.3) is 11.7 Å². The molecule has 3 aromatic carbocycles. The minimum Gasteiger partial charge on any atom is -0.507 e. The van der Waals surface area contributed by atoms with Crippen LogP contribution in [0.4, 0.5) is 0 Å². The molecule has 0 saturated carbocycles. The molecule has 1 saturated heterocycles. The molecule has 1 atom stereocenters. The quantitative estimate of drug-likeness (QED) is 0.188. The summed E-state index contributed by atoms with van der Waals surface area (Å²) in [5.41, 5.74) is 2.21. The van der Waals surface area contributed by atoms with Crippen LogP contribution in [0, 0.1) is 0 Å². The van der Waals surface area contributed by atoms with Crippen LogP contribution in [0.5, 0.6) is 5.75 Å². The van der Waals surface area contributed by atoms with Gasteiger partial charge in [-0.05, 0) is 53.9 Å². The number of likely N-dealkylation sites (tertiary alicyclic amines) is 1. The van der Waals surface area contributed by atoms with Crippen LogP contribution in [0.25, 0.3) is 5.76 Å². The van der Waals surface area contributed by atoms with Crippen LogP contribution in [0.1, 0.15) is 29.2 Å². The van der Waals surface area contributed by atoms with Crippen molar-refractivity contribution in [3.05, 3.63) is 106 Å².